The Kier molecular flexibility index (Phi) is 6.86. The quantitative estimate of drug-likeness (QED) is 0.584. The van der Waals surface area contributed by atoms with Crippen LogP contribution in [0.5, 0.6) is 0 Å². The van der Waals surface area contributed by atoms with Gasteiger partial charge in [0, 0.05) is 10.5 Å². The second-order valence-electron chi connectivity index (χ2n) is 2.63. The summed E-state index contributed by atoms with van der Waals surface area (Å²) in [6, 6.07) is 0. The lowest BCUT2D eigenvalue weighted by molar-refractivity contribution is 0.904. The molecule has 0 aromatic carbocycles. The predicted molar refractivity (Wildman–Crippen MR) is 54.7 cm³/mol. The first-order chi connectivity index (χ1) is 4.70. The maximum atomic E-state index is 2.29. The van der Waals surface area contributed by atoms with E-state index in [1.165, 1.54) is 12.8 Å². The van der Waals surface area contributed by atoms with Crippen molar-refractivity contribution in [1.82, 2.24) is 0 Å². The third-order valence-electron chi connectivity index (χ3n) is 1.53. The maximum Gasteiger partial charge on any atom is 0.0120 e. The van der Waals surface area contributed by atoms with Gasteiger partial charge in [-0.15, -0.1) is 0 Å². The van der Waals surface area contributed by atoms with E-state index in [1.807, 2.05) is 21.6 Å². The summed E-state index contributed by atoms with van der Waals surface area (Å²) in [5.41, 5.74) is 0. The second-order valence-corrected chi connectivity index (χ2v) is 5.78. The smallest absolute Gasteiger partial charge is 0.0120 e. The van der Waals surface area contributed by atoms with Crippen LogP contribution in [-0.4, -0.2) is 10.5 Å². The first-order valence-corrected chi connectivity index (χ1v) is 6.30. The third-order valence-corrected chi connectivity index (χ3v) is 5.27. The van der Waals surface area contributed by atoms with Crippen LogP contribution in [0.15, 0.2) is 0 Å². The van der Waals surface area contributed by atoms with Gasteiger partial charge in [0.2, 0.25) is 0 Å². The largest absolute Gasteiger partial charge is 0.0908 e. The van der Waals surface area contributed by atoms with Crippen LogP contribution in [-0.2, 0) is 0 Å². The molecule has 0 spiro atoms. The Morgan fingerprint density at radius 1 is 0.900 bits per heavy atom. The van der Waals surface area contributed by atoms with Gasteiger partial charge in [0.15, 0.2) is 0 Å². The minimum absolute atomic E-state index is 0.819. The van der Waals surface area contributed by atoms with Gasteiger partial charge >= 0.3 is 0 Å². The molecule has 2 heteroatoms. The zero-order chi connectivity index (χ0) is 7.98. The molecule has 0 N–H and O–H groups in total. The van der Waals surface area contributed by atoms with Crippen LogP contribution >= 0.6 is 21.6 Å². The molecule has 0 saturated carbocycles. The molecule has 2 atom stereocenters. The summed E-state index contributed by atoms with van der Waals surface area (Å²) in [7, 11) is 4.05. The molecule has 62 valence electrons. The Morgan fingerprint density at radius 3 is 1.40 bits per heavy atom. The van der Waals surface area contributed by atoms with E-state index in [-0.39, 0.29) is 0 Å². The van der Waals surface area contributed by atoms with Crippen molar-refractivity contribution in [2.24, 2.45) is 0 Å². The zero-order valence-electron chi connectivity index (χ0n) is 7.39. The Labute approximate surface area is 72.9 Å². The second kappa shape index (κ2) is 6.41. The van der Waals surface area contributed by atoms with Crippen molar-refractivity contribution in [3.05, 3.63) is 0 Å². The van der Waals surface area contributed by atoms with Crippen molar-refractivity contribution >= 4 is 21.6 Å². The predicted octanol–water partition coefficient (Wildman–Crippen LogP) is 3.96. The summed E-state index contributed by atoms with van der Waals surface area (Å²) >= 11 is 0. The fraction of sp³-hybridized carbons (Fsp3) is 1.00. The van der Waals surface area contributed by atoms with Gasteiger partial charge in [0.1, 0.15) is 0 Å². The van der Waals surface area contributed by atoms with Crippen LogP contribution in [0.1, 0.15) is 40.5 Å². The highest BCUT2D eigenvalue weighted by Crippen LogP contribution is 2.33. The van der Waals surface area contributed by atoms with E-state index in [0.29, 0.717) is 0 Å². The van der Waals surface area contributed by atoms with Crippen LogP contribution < -0.4 is 0 Å². The van der Waals surface area contributed by atoms with E-state index in [0.717, 1.165) is 10.5 Å². The van der Waals surface area contributed by atoms with Crippen LogP contribution in [0.2, 0.25) is 0 Å². The Bertz CT molecular complexity index is 63.7. The summed E-state index contributed by atoms with van der Waals surface area (Å²) in [4.78, 5) is 0. The lowest BCUT2D eigenvalue weighted by Crippen LogP contribution is -1.94. The molecule has 0 fully saturated rings. The van der Waals surface area contributed by atoms with Crippen molar-refractivity contribution in [1.29, 1.82) is 0 Å². The average Bonchev–Trinajstić information content (AvgIpc) is 1.99. The van der Waals surface area contributed by atoms with Crippen molar-refractivity contribution < 1.29 is 0 Å². The van der Waals surface area contributed by atoms with Gasteiger partial charge in [-0.05, 0) is 12.8 Å². The lowest BCUT2D eigenvalue weighted by Gasteiger charge is -2.10. The highest BCUT2D eigenvalue weighted by Gasteiger charge is 2.03. The van der Waals surface area contributed by atoms with E-state index in [1.54, 1.807) is 0 Å². The summed E-state index contributed by atoms with van der Waals surface area (Å²) in [6.45, 7) is 9.07. The minimum atomic E-state index is 0.819. The van der Waals surface area contributed by atoms with E-state index in [9.17, 15) is 0 Å². The van der Waals surface area contributed by atoms with Gasteiger partial charge in [-0.1, -0.05) is 49.3 Å². The first-order valence-electron chi connectivity index (χ1n) is 4.02. The topological polar surface area (TPSA) is 0 Å². The third kappa shape index (κ3) is 5.48. The normalized spacial score (nSPS) is 16.8. The number of hydrogen-bond donors (Lipinski definition) is 0. The SMILES string of the molecule is CC[C@H](C)SS[C@@H](C)CC. The van der Waals surface area contributed by atoms with Gasteiger partial charge in [0.05, 0.1) is 0 Å². The Balaban J connectivity index is 3.17. The Morgan fingerprint density at radius 2 is 1.20 bits per heavy atom. The van der Waals surface area contributed by atoms with Crippen molar-refractivity contribution in [3.8, 4) is 0 Å². The van der Waals surface area contributed by atoms with Crippen LogP contribution in [0, 0.1) is 0 Å². The molecule has 0 aromatic rings. The molecule has 0 rings (SSSR count). The van der Waals surface area contributed by atoms with Gasteiger partial charge in [-0.2, -0.15) is 0 Å². The van der Waals surface area contributed by atoms with E-state index in [4.69, 9.17) is 0 Å². The summed E-state index contributed by atoms with van der Waals surface area (Å²) < 4.78 is 0. The van der Waals surface area contributed by atoms with E-state index >= 15 is 0 Å². The molecule has 0 aliphatic heterocycles. The van der Waals surface area contributed by atoms with Gasteiger partial charge < -0.3 is 0 Å². The lowest BCUT2D eigenvalue weighted by atomic mass is 10.4. The average molecular weight is 178 g/mol. The molecular weight excluding hydrogens is 160 g/mol. The summed E-state index contributed by atoms with van der Waals surface area (Å²) in [6.07, 6.45) is 2.57. The highest BCUT2D eigenvalue weighted by molar-refractivity contribution is 8.77. The number of hydrogen-bond acceptors (Lipinski definition) is 2. The standard InChI is InChI=1S/C8H18S2/c1-5-7(3)9-10-8(4)6-2/h7-8H,5-6H2,1-4H3/t7-,8-/m0/s1. The van der Waals surface area contributed by atoms with Crippen molar-refractivity contribution in [2.75, 3.05) is 0 Å². The van der Waals surface area contributed by atoms with E-state index < -0.39 is 0 Å². The zero-order valence-corrected chi connectivity index (χ0v) is 9.02. The molecule has 0 nitrogen and oxygen atoms in total. The van der Waals surface area contributed by atoms with E-state index in [2.05, 4.69) is 27.7 Å². The molecule has 0 amide bonds. The maximum absolute atomic E-state index is 2.29. The molecule has 0 unspecified atom stereocenters. The van der Waals surface area contributed by atoms with Gasteiger partial charge in [-0.25, -0.2) is 0 Å². The molecule has 0 saturated heterocycles. The molecule has 0 aromatic heterocycles. The minimum Gasteiger partial charge on any atom is -0.0908 e. The molecule has 0 aliphatic carbocycles. The fourth-order valence-electron chi connectivity index (χ4n) is 0.326. The fourth-order valence-corrected chi connectivity index (χ4v) is 2.93. The van der Waals surface area contributed by atoms with Crippen LogP contribution in [0.25, 0.3) is 0 Å². The molecule has 10 heavy (non-hydrogen) atoms. The van der Waals surface area contributed by atoms with Gasteiger partial charge in [0.25, 0.3) is 0 Å². The van der Waals surface area contributed by atoms with Crippen LogP contribution in [0.4, 0.5) is 0 Å². The molecular formula is C8H18S2. The Hall–Kier alpha value is 0.700. The van der Waals surface area contributed by atoms with Gasteiger partial charge in [-0.3, -0.25) is 0 Å². The monoisotopic (exact) mass is 178 g/mol. The highest BCUT2D eigenvalue weighted by atomic mass is 33.1. The molecule has 0 bridgehead atoms. The first kappa shape index (κ1) is 10.7. The van der Waals surface area contributed by atoms with Crippen molar-refractivity contribution in [3.63, 3.8) is 0 Å². The van der Waals surface area contributed by atoms with Crippen molar-refractivity contribution in [2.45, 2.75) is 51.0 Å². The summed E-state index contributed by atoms with van der Waals surface area (Å²) in [5, 5.41) is 1.64. The molecule has 0 heterocycles. The van der Waals surface area contributed by atoms with Crippen LogP contribution in [0.3, 0.4) is 0 Å². The summed E-state index contributed by atoms with van der Waals surface area (Å²) in [5.74, 6) is 0. The molecule has 0 radical (unpaired) electrons. The molecule has 0 aliphatic rings. The number of rotatable bonds is 5.